The summed E-state index contributed by atoms with van der Waals surface area (Å²) in [6.45, 7) is 6.39. The normalized spacial score (nSPS) is 8.46. The molecule has 0 bridgehead atoms. The van der Waals surface area contributed by atoms with Crippen LogP contribution in [0.5, 0.6) is 0 Å². The van der Waals surface area contributed by atoms with Gasteiger partial charge in [0.2, 0.25) is 0 Å². The molecule has 3 N–H and O–H groups in total. The second-order valence-electron chi connectivity index (χ2n) is 2.24. The molecule has 0 spiro atoms. The van der Waals surface area contributed by atoms with Crippen LogP contribution < -0.4 is 5.32 Å². The van der Waals surface area contributed by atoms with Crippen LogP contribution >= 0.6 is 0 Å². The Morgan fingerprint density at radius 3 is 1.38 bits per heavy atom. The Balaban J connectivity index is 0. The van der Waals surface area contributed by atoms with Gasteiger partial charge in [-0.15, -0.1) is 0 Å². The van der Waals surface area contributed by atoms with Crippen LogP contribution in [0.2, 0.25) is 0 Å². The van der Waals surface area contributed by atoms with E-state index in [0.717, 1.165) is 13.1 Å². The largest absolute Gasteiger partial charge is 0.481 e. The van der Waals surface area contributed by atoms with E-state index in [1.54, 1.807) is 0 Å². The van der Waals surface area contributed by atoms with Gasteiger partial charge in [0.1, 0.15) is 0 Å². The Labute approximate surface area is 77.8 Å². The van der Waals surface area contributed by atoms with Crippen molar-refractivity contribution in [1.29, 1.82) is 0 Å². The standard InChI is InChI=1S/C4H11N.C4H6O4/c1-3-5-4-2;5-3(6)1-2-4(7)8/h5H,3-4H2,1-2H3;1-2H2,(H,5,6)(H,7,8). The first-order valence-corrected chi connectivity index (χ1v) is 4.18. The molecule has 0 fully saturated rings. The zero-order valence-corrected chi connectivity index (χ0v) is 8.04. The summed E-state index contributed by atoms with van der Waals surface area (Å²) in [6, 6.07) is 0. The summed E-state index contributed by atoms with van der Waals surface area (Å²) >= 11 is 0. The summed E-state index contributed by atoms with van der Waals surface area (Å²) in [7, 11) is 0. The molecule has 0 aliphatic carbocycles. The second-order valence-corrected chi connectivity index (χ2v) is 2.24. The molecule has 0 heterocycles. The molecule has 0 aliphatic rings. The van der Waals surface area contributed by atoms with E-state index in [0.29, 0.717) is 0 Å². The first-order valence-electron chi connectivity index (χ1n) is 4.18. The van der Waals surface area contributed by atoms with Crippen LogP contribution in [0.15, 0.2) is 0 Å². The zero-order valence-electron chi connectivity index (χ0n) is 8.04. The van der Waals surface area contributed by atoms with Gasteiger partial charge in [0.05, 0.1) is 12.8 Å². The monoisotopic (exact) mass is 191 g/mol. The molecule has 0 saturated heterocycles. The third-order valence-electron chi connectivity index (χ3n) is 1.05. The Morgan fingerprint density at radius 2 is 1.31 bits per heavy atom. The fourth-order valence-electron chi connectivity index (χ4n) is 0.464. The molecule has 0 aromatic rings. The average molecular weight is 191 g/mol. The predicted molar refractivity (Wildman–Crippen MR) is 48.7 cm³/mol. The SMILES string of the molecule is CCNCC.O=C(O)CCC(=O)O. The number of carboxylic acids is 2. The van der Waals surface area contributed by atoms with Crippen molar-refractivity contribution in [1.82, 2.24) is 5.32 Å². The van der Waals surface area contributed by atoms with Crippen molar-refractivity contribution in [3.63, 3.8) is 0 Å². The second kappa shape index (κ2) is 10.9. The fourth-order valence-corrected chi connectivity index (χ4v) is 0.464. The average Bonchev–Trinajstić information content (AvgIpc) is 2.03. The van der Waals surface area contributed by atoms with Crippen LogP contribution in [0, 0.1) is 0 Å². The molecule has 5 heteroatoms. The van der Waals surface area contributed by atoms with Crippen molar-refractivity contribution in [2.45, 2.75) is 26.7 Å². The van der Waals surface area contributed by atoms with E-state index >= 15 is 0 Å². The Morgan fingerprint density at radius 1 is 1.00 bits per heavy atom. The van der Waals surface area contributed by atoms with E-state index < -0.39 is 11.9 Å². The van der Waals surface area contributed by atoms with E-state index in [2.05, 4.69) is 19.2 Å². The lowest BCUT2D eigenvalue weighted by molar-refractivity contribution is -0.143. The molecular formula is C8H17NO4. The molecule has 0 unspecified atom stereocenters. The lowest BCUT2D eigenvalue weighted by Gasteiger charge is -1.86. The minimum absolute atomic E-state index is 0.296. The molecule has 0 aromatic carbocycles. The minimum atomic E-state index is -1.08. The molecule has 0 rings (SSSR count). The Hall–Kier alpha value is -1.10. The van der Waals surface area contributed by atoms with Crippen molar-refractivity contribution in [3.8, 4) is 0 Å². The number of nitrogens with one attached hydrogen (secondary N) is 1. The van der Waals surface area contributed by atoms with Gasteiger partial charge in [0.25, 0.3) is 0 Å². The molecular weight excluding hydrogens is 174 g/mol. The van der Waals surface area contributed by atoms with Gasteiger partial charge in [-0.05, 0) is 13.1 Å². The number of hydrogen-bond donors (Lipinski definition) is 3. The highest BCUT2D eigenvalue weighted by molar-refractivity contribution is 5.75. The maximum atomic E-state index is 9.64. The predicted octanol–water partition coefficient (Wildman–Crippen LogP) is 0.552. The highest BCUT2D eigenvalue weighted by atomic mass is 16.4. The van der Waals surface area contributed by atoms with Gasteiger partial charge in [-0.25, -0.2) is 0 Å². The van der Waals surface area contributed by atoms with Crippen molar-refractivity contribution < 1.29 is 19.8 Å². The van der Waals surface area contributed by atoms with Gasteiger partial charge in [-0.3, -0.25) is 9.59 Å². The Bertz CT molecular complexity index is 131. The molecule has 0 atom stereocenters. The van der Waals surface area contributed by atoms with Crippen molar-refractivity contribution >= 4 is 11.9 Å². The topological polar surface area (TPSA) is 86.6 Å². The van der Waals surface area contributed by atoms with Crippen LogP contribution in [0.1, 0.15) is 26.7 Å². The first kappa shape index (κ1) is 14.4. The van der Waals surface area contributed by atoms with E-state index in [1.807, 2.05) is 0 Å². The lowest BCUT2D eigenvalue weighted by Crippen LogP contribution is -2.09. The maximum absolute atomic E-state index is 9.64. The van der Waals surface area contributed by atoms with E-state index in [4.69, 9.17) is 10.2 Å². The number of rotatable bonds is 5. The third kappa shape index (κ3) is 24.8. The summed E-state index contributed by atoms with van der Waals surface area (Å²) in [4.78, 5) is 19.3. The molecule has 13 heavy (non-hydrogen) atoms. The van der Waals surface area contributed by atoms with Crippen LogP contribution in [0.3, 0.4) is 0 Å². The number of carboxylic acid groups (broad SMARTS) is 2. The lowest BCUT2D eigenvalue weighted by atomic mass is 10.3. The fraction of sp³-hybridized carbons (Fsp3) is 0.750. The maximum Gasteiger partial charge on any atom is 0.303 e. The molecule has 0 radical (unpaired) electrons. The summed E-state index contributed by atoms with van der Waals surface area (Å²) < 4.78 is 0. The van der Waals surface area contributed by atoms with Gasteiger partial charge in [-0.1, -0.05) is 13.8 Å². The molecule has 0 saturated carbocycles. The molecule has 78 valence electrons. The summed E-state index contributed by atoms with van der Waals surface area (Å²) in [6.07, 6.45) is -0.593. The van der Waals surface area contributed by atoms with Crippen LogP contribution in [-0.2, 0) is 9.59 Å². The van der Waals surface area contributed by atoms with E-state index in [9.17, 15) is 9.59 Å². The quantitative estimate of drug-likeness (QED) is 0.590. The molecule has 5 nitrogen and oxygen atoms in total. The summed E-state index contributed by atoms with van der Waals surface area (Å²) in [5.74, 6) is -2.15. The third-order valence-corrected chi connectivity index (χ3v) is 1.05. The number of hydrogen-bond acceptors (Lipinski definition) is 3. The molecule has 0 amide bonds. The van der Waals surface area contributed by atoms with Crippen molar-refractivity contribution in [2.24, 2.45) is 0 Å². The first-order chi connectivity index (χ1) is 6.04. The van der Waals surface area contributed by atoms with Crippen LogP contribution in [0.4, 0.5) is 0 Å². The number of carbonyl (C=O) groups is 2. The highest BCUT2D eigenvalue weighted by Gasteiger charge is 2.00. The van der Waals surface area contributed by atoms with Gasteiger partial charge >= 0.3 is 11.9 Å². The highest BCUT2D eigenvalue weighted by Crippen LogP contribution is 1.86. The van der Waals surface area contributed by atoms with Crippen molar-refractivity contribution in [3.05, 3.63) is 0 Å². The summed E-state index contributed by atoms with van der Waals surface area (Å²) in [5.41, 5.74) is 0. The zero-order chi connectivity index (χ0) is 10.7. The van der Waals surface area contributed by atoms with Gasteiger partial charge < -0.3 is 15.5 Å². The van der Waals surface area contributed by atoms with Crippen LogP contribution in [0.25, 0.3) is 0 Å². The molecule has 0 aromatic heterocycles. The van der Waals surface area contributed by atoms with E-state index in [1.165, 1.54) is 0 Å². The van der Waals surface area contributed by atoms with Gasteiger partial charge in [0.15, 0.2) is 0 Å². The van der Waals surface area contributed by atoms with Crippen molar-refractivity contribution in [2.75, 3.05) is 13.1 Å². The smallest absolute Gasteiger partial charge is 0.303 e. The minimum Gasteiger partial charge on any atom is -0.481 e. The van der Waals surface area contributed by atoms with Crippen LogP contribution in [-0.4, -0.2) is 35.2 Å². The summed E-state index contributed by atoms with van der Waals surface area (Å²) in [5, 5.41) is 18.9. The van der Waals surface area contributed by atoms with Gasteiger partial charge in [0, 0.05) is 0 Å². The number of aliphatic carboxylic acids is 2. The van der Waals surface area contributed by atoms with Gasteiger partial charge in [-0.2, -0.15) is 0 Å². The Kier molecular flexibility index (Phi) is 12.1. The molecule has 0 aliphatic heterocycles. The van der Waals surface area contributed by atoms with E-state index in [-0.39, 0.29) is 12.8 Å².